The van der Waals surface area contributed by atoms with E-state index in [4.69, 9.17) is 4.74 Å². The first-order valence-corrected chi connectivity index (χ1v) is 9.67. The Morgan fingerprint density at radius 2 is 2.09 bits per heavy atom. The molecule has 0 radical (unpaired) electrons. The number of hydrogen-bond donors (Lipinski definition) is 0. The molecular formula is C14H17N3O3S2. The van der Waals surface area contributed by atoms with Crippen LogP contribution < -0.4 is 4.74 Å². The Labute approximate surface area is 133 Å². The monoisotopic (exact) mass is 339 g/mol. The van der Waals surface area contributed by atoms with Crippen LogP contribution in [0.3, 0.4) is 0 Å². The second-order valence-corrected chi connectivity index (χ2v) is 8.70. The molecule has 0 bridgehead atoms. The first-order valence-electron chi connectivity index (χ1n) is 6.97. The first kappa shape index (κ1) is 15.4. The predicted octanol–water partition coefficient (Wildman–Crippen LogP) is 1.67. The van der Waals surface area contributed by atoms with Gasteiger partial charge in [0.15, 0.2) is 20.8 Å². The van der Waals surface area contributed by atoms with Gasteiger partial charge in [-0.1, -0.05) is 30.0 Å². The van der Waals surface area contributed by atoms with Gasteiger partial charge in [-0.15, -0.1) is 10.2 Å². The number of rotatable bonds is 5. The molecule has 118 valence electrons. The van der Waals surface area contributed by atoms with Crippen LogP contribution in [0.2, 0.25) is 0 Å². The van der Waals surface area contributed by atoms with Crippen molar-refractivity contribution in [2.75, 3.05) is 11.5 Å². The normalized spacial score (nSPS) is 20.1. The van der Waals surface area contributed by atoms with Crippen molar-refractivity contribution in [2.24, 2.45) is 7.05 Å². The van der Waals surface area contributed by atoms with Crippen LogP contribution in [-0.4, -0.2) is 39.9 Å². The third-order valence-corrected chi connectivity index (χ3v) is 6.78. The summed E-state index contributed by atoms with van der Waals surface area (Å²) < 4.78 is 30.5. The van der Waals surface area contributed by atoms with Crippen molar-refractivity contribution in [2.45, 2.75) is 23.4 Å². The number of ether oxygens (including phenoxy) is 1. The minimum atomic E-state index is -2.87. The standard InChI is InChI=1S/C14H17N3O3S2/c1-17-13(9-20-11-5-3-2-4-6-11)15-16-14(17)21-12-7-8-22(18,19)10-12/h2-6,12H,7-10H2,1H3. The zero-order chi connectivity index (χ0) is 15.6. The molecule has 22 heavy (non-hydrogen) atoms. The van der Waals surface area contributed by atoms with Crippen molar-refractivity contribution in [3.63, 3.8) is 0 Å². The zero-order valence-corrected chi connectivity index (χ0v) is 13.8. The van der Waals surface area contributed by atoms with E-state index in [2.05, 4.69) is 10.2 Å². The Hall–Kier alpha value is -1.54. The van der Waals surface area contributed by atoms with Crippen LogP contribution in [0.25, 0.3) is 0 Å². The molecule has 2 aromatic rings. The van der Waals surface area contributed by atoms with Crippen LogP contribution in [0, 0.1) is 0 Å². The lowest BCUT2D eigenvalue weighted by Crippen LogP contribution is -2.08. The molecule has 1 aromatic carbocycles. The maximum absolute atomic E-state index is 11.5. The molecule has 0 amide bonds. The largest absolute Gasteiger partial charge is 0.486 e. The highest BCUT2D eigenvalue weighted by Crippen LogP contribution is 2.29. The molecule has 1 aliphatic heterocycles. The van der Waals surface area contributed by atoms with Crippen LogP contribution in [0.15, 0.2) is 35.5 Å². The van der Waals surface area contributed by atoms with E-state index in [1.165, 1.54) is 11.8 Å². The Kier molecular flexibility index (Phi) is 4.39. The maximum atomic E-state index is 11.5. The minimum Gasteiger partial charge on any atom is -0.486 e. The second kappa shape index (κ2) is 6.29. The van der Waals surface area contributed by atoms with E-state index in [0.29, 0.717) is 18.9 Å². The molecular weight excluding hydrogens is 322 g/mol. The molecule has 0 saturated carbocycles. The lowest BCUT2D eigenvalue weighted by atomic mass is 10.3. The van der Waals surface area contributed by atoms with Gasteiger partial charge in [0.1, 0.15) is 12.4 Å². The number of hydrogen-bond acceptors (Lipinski definition) is 6. The summed E-state index contributed by atoms with van der Waals surface area (Å²) in [5.74, 6) is 1.99. The molecule has 8 heteroatoms. The maximum Gasteiger partial charge on any atom is 0.191 e. The summed E-state index contributed by atoms with van der Waals surface area (Å²) in [4.78, 5) is 0. The van der Waals surface area contributed by atoms with E-state index in [1.54, 1.807) is 0 Å². The number of para-hydroxylation sites is 1. The molecule has 1 unspecified atom stereocenters. The molecule has 1 fully saturated rings. The van der Waals surface area contributed by atoms with E-state index in [9.17, 15) is 8.42 Å². The van der Waals surface area contributed by atoms with Crippen molar-refractivity contribution in [1.29, 1.82) is 0 Å². The van der Waals surface area contributed by atoms with Gasteiger partial charge >= 0.3 is 0 Å². The number of benzene rings is 1. The van der Waals surface area contributed by atoms with Crippen molar-refractivity contribution >= 4 is 21.6 Å². The van der Waals surface area contributed by atoms with Crippen LogP contribution in [0.5, 0.6) is 5.75 Å². The van der Waals surface area contributed by atoms with E-state index >= 15 is 0 Å². The molecule has 1 atom stereocenters. The van der Waals surface area contributed by atoms with Gasteiger partial charge in [0, 0.05) is 12.3 Å². The number of thioether (sulfide) groups is 1. The molecule has 0 spiro atoms. The van der Waals surface area contributed by atoms with Gasteiger partial charge in [-0.05, 0) is 18.6 Å². The Balaban J connectivity index is 1.62. The Morgan fingerprint density at radius 3 is 2.77 bits per heavy atom. The van der Waals surface area contributed by atoms with E-state index in [0.717, 1.165) is 10.9 Å². The summed E-state index contributed by atoms with van der Waals surface area (Å²) in [6.07, 6.45) is 0.676. The van der Waals surface area contributed by atoms with Crippen LogP contribution >= 0.6 is 11.8 Å². The third kappa shape index (κ3) is 3.61. The molecule has 1 aromatic heterocycles. The molecule has 1 aliphatic rings. The second-order valence-electron chi connectivity index (χ2n) is 5.20. The highest BCUT2D eigenvalue weighted by atomic mass is 32.2. The fourth-order valence-electron chi connectivity index (χ4n) is 2.24. The van der Waals surface area contributed by atoms with Crippen molar-refractivity contribution < 1.29 is 13.2 Å². The quantitative estimate of drug-likeness (QED) is 0.825. The van der Waals surface area contributed by atoms with Crippen LogP contribution in [-0.2, 0) is 23.5 Å². The summed E-state index contributed by atoms with van der Waals surface area (Å²) in [5.41, 5.74) is 0. The lowest BCUT2D eigenvalue weighted by Gasteiger charge is -2.08. The summed E-state index contributed by atoms with van der Waals surface area (Å²) in [5, 5.41) is 9.06. The van der Waals surface area contributed by atoms with Gasteiger partial charge in [-0.2, -0.15) is 0 Å². The smallest absolute Gasteiger partial charge is 0.191 e. The topological polar surface area (TPSA) is 74.1 Å². The first-order chi connectivity index (χ1) is 10.5. The summed E-state index contributed by atoms with van der Waals surface area (Å²) >= 11 is 1.48. The summed E-state index contributed by atoms with van der Waals surface area (Å²) in [6, 6.07) is 9.52. The third-order valence-electron chi connectivity index (χ3n) is 3.50. The van der Waals surface area contributed by atoms with Gasteiger partial charge < -0.3 is 9.30 Å². The minimum absolute atomic E-state index is 0.0655. The van der Waals surface area contributed by atoms with Gasteiger partial charge in [-0.25, -0.2) is 8.42 Å². The predicted molar refractivity (Wildman–Crippen MR) is 84.7 cm³/mol. The Bertz CT molecular complexity index is 744. The molecule has 0 N–H and O–H groups in total. The van der Waals surface area contributed by atoms with Gasteiger partial charge in [0.25, 0.3) is 0 Å². The van der Waals surface area contributed by atoms with Gasteiger partial charge in [0.2, 0.25) is 0 Å². The average molecular weight is 339 g/mol. The fraction of sp³-hybridized carbons (Fsp3) is 0.429. The Morgan fingerprint density at radius 1 is 1.32 bits per heavy atom. The molecule has 0 aliphatic carbocycles. The van der Waals surface area contributed by atoms with Gasteiger partial charge in [0.05, 0.1) is 11.5 Å². The van der Waals surface area contributed by atoms with Crippen LogP contribution in [0.1, 0.15) is 12.2 Å². The van der Waals surface area contributed by atoms with Crippen LogP contribution in [0.4, 0.5) is 0 Å². The molecule has 3 rings (SSSR count). The van der Waals surface area contributed by atoms with E-state index < -0.39 is 9.84 Å². The highest BCUT2D eigenvalue weighted by molar-refractivity contribution is 8.01. The number of aromatic nitrogens is 3. The summed E-state index contributed by atoms with van der Waals surface area (Å²) in [7, 11) is -1.00. The highest BCUT2D eigenvalue weighted by Gasteiger charge is 2.30. The fourth-order valence-corrected chi connectivity index (χ4v) is 5.71. The molecule has 1 saturated heterocycles. The SMILES string of the molecule is Cn1c(COc2ccccc2)nnc1SC1CCS(=O)(=O)C1. The molecule has 2 heterocycles. The van der Waals surface area contributed by atoms with Gasteiger partial charge in [-0.3, -0.25) is 0 Å². The number of nitrogens with zero attached hydrogens (tertiary/aromatic N) is 3. The van der Waals surface area contributed by atoms with E-state index in [-0.39, 0.29) is 16.8 Å². The molecule has 6 nitrogen and oxygen atoms in total. The van der Waals surface area contributed by atoms with Crippen molar-refractivity contribution in [1.82, 2.24) is 14.8 Å². The lowest BCUT2D eigenvalue weighted by molar-refractivity contribution is 0.290. The van der Waals surface area contributed by atoms with E-state index in [1.807, 2.05) is 41.9 Å². The van der Waals surface area contributed by atoms with Crippen molar-refractivity contribution in [3.8, 4) is 5.75 Å². The average Bonchev–Trinajstić information content (AvgIpc) is 3.02. The van der Waals surface area contributed by atoms with Crippen molar-refractivity contribution in [3.05, 3.63) is 36.2 Å². The summed E-state index contributed by atoms with van der Waals surface area (Å²) in [6.45, 7) is 0.330. The number of sulfone groups is 1. The zero-order valence-electron chi connectivity index (χ0n) is 12.2.